The quantitative estimate of drug-likeness (QED) is 0.447. The number of aromatic nitrogens is 4. The first kappa shape index (κ1) is 22.9. The van der Waals surface area contributed by atoms with Crippen LogP contribution < -0.4 is 16.3 Å². The summed E-state index contributed by atoms with van der Waals surface area (Å²) >= 11 is 0. The zero-order chi connectivity index (χ0) is 24.4. The molecule has 2 heterocycles. The van der Waals surface area contributed by atoms with Gasteiger partial charge in [-0.1, -0.05) is 23.8 Å². The van der Waals surface area contributed by atoms with Gasteiger partial charge in [0.1, 0.15) is 11.8 Å². The highest BCUT2D eigenvalue weighted by atomic mass is 16.2. The molecule has 9 heteroatoms. The monoisotopic (exact) mass is 457 g/mol. The van der Waals surface area contributed by atoms with Crippen molar-refractivity contribution in [1.29, 1.82) is 0 Å². The number of nitrogen functional groups attached to an aromatic ring is 1. The van der Waals surface area contributed by atoms with Gasteiger partial charge in [-0.3, -0.25) is 9.36 Å². The number of hydrogen-bond acceptors (Lipinski definition) is 6. The Bertz CT molecular complexity index is 1410. The molecule has 174 valence electrons. The normalized spacial score (nSPS) is 11.6. The number of carbonyl (C=O) groups excluding carboxylic acids is 1. The van der Waals surface area contributed by atoms with E-state index in [-0.39, 0.29) is 17.4 Å². The topological polar surface area (TPSA) is 102 Å². The van der Waals surface area contributed by atoms with E-state index in [0.717, 1.165) is 5.56 Å². The second-order valence-electron chi connectivity index (χ2n) is 8.30. The van der Waals surface area contributed by atoms with E-state index in [4.69, 9.17) is 5.73 Å². The van der Waals surface area contributed by atoms with Gasteiger partial charge in [-0.2, -0.15) is 0 Å². The molecule has 0 bridgehead atoms. The van der Waals surface area contributed by atoms with Gasteiger partial charge in [0, 0.05) is 25.4 Å². The van der Waals surface area contributed by atoms with E-state index < -0.39 is 0 Å². The molecule has 0 atom stereocenters. The van der Waals surface area contributed by atoms with E-state index in [9.17, 15) is 9.59 Å². The highest BCUT2D eigenvalue weighted by Gasteiger charge is 2.20. The average molecular weight is 458 g/mol. The molecule has 1 amide bonds. The molecule has 9 nitrogen and oxygen atoms in total. The van der Waals surface area contributed by atoms with Gasteiger partial charge in [-0.25, -0.2) is 19.3 Å². The fraction of sp³-hybridized carbons (Fsp3) is 0.200. The molecule has 0 fully saturated rings. The number of nitrogens with zero attached hydrogens (tertiary/aromatic N) is 6. The molecule has 0 spiro atoms. The fourth-order valence-electron chi connectivity index (χ4n) is 3.64. The number of amides is 1. The van der Waals surface area contributed by atoms with Crippen LogP contribution in [0.4, 0.5) is 11.5 Å². The largest absolute Gasteiger partial charge is 0.382 e. The summed E-state index contributed by atoms with van der Waals surface area (Å²) in [5, 5.41) is 0. The lowest BCUT2D eigenvalue weighted by molar-refractivity contribution is -0.113. The Morgan fingerprint density at radius 2 is 1.59 bits per heavy atom. The van der Waals surface area contributed by atoms with Gasteiger partial charge in [0.15, 0.2) is 11.5 Å². The summed E-state index contributed by atoms with van der Waals surface area (Å²) in [6.45, 7) is 2.66. The standard InChI is InChI=1S/C25H27N7O2/c1-17-7-9-19(10-8-17)31-22-23(26)27-16-28-24(22)32(25(31)34)20-13-11-18(12-14-20)30(4)21(33)6-5-15-29(2)3/h5-14,16H,15H2,1-4H3,(H2,26,27,28). The van der Waals surface area contributed by atoms with Crippen molar-refractivity contribution in [2.24, 2.45) is 0 Å². The molecule has 4 rings (SSSR count). The first-order valence-corrected chi connectivity index (χ1v) is 10.8. The predicted molar refractivity (Wildman–Crippen MR) is 135 cm³/mol. The molecule has 0 aliphatic heterocycles. The SMILES string of the molecule is Cc1ccc(-n2c(=O)n(-c3ccc(N(C)C(=O)C=CCN(C)C)cc3)c3ncnc(N)c32)cc1. The van der Waals surface area contributed by atoms with E-state index in [1.807, 2.05) is 56.3 Å². The Morgan fingerprint density at radius 1 is 0.971 bits per heavy atom. The average Bonchev–Trinajstić information content (AvgIpc) is 3.12. The van der Waals surface area contributed by atoms with Gasteiger partial charge in [0.2, 0.25) is 5.91 Å². The van der Waals surface area contributed by atoms with Crippen LogP contribution in [-0.2, 0) is 4.79 Å². The van der Waals surface area contributed by atoms with Crippen molar-refractivity contribution < 1.29 is 4.79 Å². The highest BCUT2D eigenvalue weighted by molar-refractivity contribution is 6.01. The fourth-order valence-corrected chi connectivity index (χ4v) is 3.64. The lowest BCUT2D eigenvalue weighted by Gasteiger charge is -2.16. The van der Waals surface area contributed by atoms with Gasteiger partial charge >= 0.3 is 5.69 Å². The predicted octanol–water partition coefficient (Wildman–Crippen LogP) is 2.54. The zero-order valence-electron chi connectivity index (χ0n) is 19.6. The van der Waals surface area contributed by atoms with Crippen molar-refractivity contribution in [2.45, 2.75) is 6.92 Å². The van der Waals surface area contributed by atoms with Gasteiger partial charge in [-0.05, 0) is 57.4 Å². The van der Waals surface area contributed by atoms with Gasteiger partial charge in [0.25, 0.3) is 0 Å². The van der Waals surface area contributed by atoms with Crippen LogP contribution in [0.5, 0.6) is 0 Å². The lowest BCUT2D eigenvalue weighted by atomic mass is 10.2. The summed E-state index contributed by atoms with van der Waals surface area (Å²) in [6.07, 6.45) is 4.71. The Morgan fingerprint density at radius 3 is 2.24 bits per heavy atom. The van der Waals surface area contributed by atoms with Gasteiger partial charge in [0.05, 0.1) is 11.4 Å². The Balaban J connectivity index is 1.75. The van der Waals surface area contributed by atoms with Crippen molar-refractivity contribution in [1.82, 2.24) is 24.0 Å². The van der Waals surface area contributed by atoms with Crippen LogP contribution in [0.1, 0.15) is 5.56 Å². The van der Waals surface area contributed by atoms with Gasteiger partial charge < -0.3 is 15.5 Å². The number of anilines is 2. The lowest BCUT2D eigenvalue weighted by Crippen LogP contribution is -2.25. The molecule has 4 aromatic rings. The molecule has 2 N–H and O–H groups in total. The Kier molecular flexibility index (Phi) is 6.29. The number of rotatable bonds is 6. The van der Waals surface area contributed by atoms with Crippen LogP contribution in [0, 0.1) is 6.92 Å². The van der Waals surface area contributed by atoms with Gasteiger partial charge in [-0.15, -0.1) is 0 Å². The molecule has 0 radical (unpaired) electrons. The minimum absolute atomic E-state index is 0.136. The number of imidazole rings is 1. The second-order valence-corrected chi connectivity index (χ2v) is 8.30. The molecule has 0 unspecified atom stereocenters. The first-order chi connectivity index (χ1) is 16.3. The summed E-state index contributed by atoms with van der Waals surface area (Å²) < 4.78 is 3.01. The number of nitrogens with two attached hydrogens (primary N) is 1. The van der Waals surface area contributed by atoms with E-state index in [1.54, 1.807) is 42.3 Å². The smallest absolute Gasteiger partial charge is 0.339 e. The Hall–Kier alpha value is -4.24. The number of hydrogen-bond donors (Lipinski definition) is 1. The molecule has 2 aromatic heterocycles. The van der Waals surface area contributed by atoms with E-state index >= 15 is 0 Å². The first-order valence-electron chi connectivity index (χ1n) is 10.8. The number of likely N-dealkylation sites (N-methyl/N-ethyl adjacent to an activating group) is 2. The molecule has 0 aliphatic carbocycles. The Labute approximate surface area is 197 Å². The van der Waals surface area contributed by atoms with Crippen LogP contribution in [0.15, 0.2) is 71.8 Å². The van der Waals surface area contributed by atoms with E-state index in [2.05, 4.69) is 9.97 Å². The number of aryl methyl sites for hydroxylation is 1. The van der Waals surface area contributed by atoms with Crippen LogP contribution in [0.25, 0.3) is 22.5 Å². The van der Waals surface area contributed by atoms with Crippen molar-refractivity contribution in [2.75, 3.05) is 38.3 Å². The van der Waals surface area contributed by atoms with Crippen molar-refractivity contribution in [3.63, 3.8) is 0 Å². The molecular weight excluding hydrogens is 430 g/mol. The molecular formula is C25H27N7O2. The summed E-state index contributed by atoms with van der Waals surface area (Å²) in [5.74, 6) is 0.0798. The molecule has 0 aliphatic rings. The van der Waals surface area contributed by atoms with Crippen LogP contribution in [0.2, 0.25) is 0 Å². The molecule has 34 heavy (non-hydrogen) atoms. The summed E-state index contributed by atoms with van der Waals surface area (Å²) in [5.41, 5.74) is 9.76. The minimum Gasteiger partial charge on any atom is -0.382 e. The van der Waals surface area contributed by atoms with Crippen molar-refractivity contribution >= 4 is 28.6 Å². The zero-order valence-corrected chi connectivity index (χ0v) is 19.6. The highest BCUT2D eigenvalue weighted by Crippen LogP contribution is 2.24. The third-order valence-electron chi connectivity index (χ3n) is 5.50. The maximum absolute atomic E-state index is 13.6. The van der Waals surface area contributed by atoms with E-state index in [0.29, 0.717) is 34.8 Å². The molecule has 2 aromatic carbocycles. The maximum Gasteiger partial charge on any atom is 0.339 e. The van der Waals surface area contributed by atoms with E-state index in [1.165, 1.54) is 15.5 Å². The number of carbonyl (C=O) groups is 1. The van der Waals surface area contributed by atoms with Crippen LogP contribution in [0.3, 0.4) is 0 Å². The molecule has 0 saturated heterocycles. The second kappa shape index (κ2) is 9.32. The summed E-state index contributed by atoms with van der Waals surface area (Å²) in [7, 11) is 5.59. The van der Waals surface area contributed by atoms with Crippen molar-refractivity contribution in [3.05, 3.63) is 83.1 Å². The van der Waals surface area contributed by atoms with Crippen LogP contribution in [-0.4, -0.2) is 57.6 Å². The molecule has 0 saturated carbocycles. The maximum atomic E-state index is 13.6. The minimum atomic E-state index is -0.310. The number of fused-ring (bicyclic) bond motifs is 1. The van der Waals surface area contributed by atoms with Crippen LogP contribution >= 0.6 is 0 Å². The third-order valence-corrected chi connectivity index (χ3v) is 5.50. The summed E-state index contributed by atoms with van der Waals surface area (Å²) in [4.78, 5) is 38.0. The third kappa shape index (κ3) is 4.33. The van der Waals surface area contributed by atoms with Crippen molar-refractivity contribution in [3.8, 4) is 11.4 Å². The number of benzene rings is 2. The summed E-state index contributed by atoms with van der Waals surface area (Å²) in [6, 6.07) is 14.7.